The van der Waals surface area contributed by atoms with Crippen molar-refractivity contribution >= 4 is 27.4 Å². The van der Waals surface area contributed by atoms with Crippen LogP contribution in [-0.4, -0.2) is 62.5 Å². The Morgan fingerprint density at radius 1 is 1.21 bits per heavy atom. The molecule has 0 bridgehead atoms. The Bertz CT molecular complexity index is 560. The van der Waals surface area contributed by atoms with E-state index in [1.807, 2.05) is 23.7 Å². The average Bonchev–Trinajstić information content (AvgIpc) is 2.82. The fourth-order valence-corrected chi connectivity index (χ4v) is 2.96. The first-order chi connectivity index (χ1) is 9.29. The fraction of sp³-hybridized carbons (Fsp3) is 0.583. The van der Waals surface area contributed by atoms with Crippen LogP contribution in [0.25, 0.3) is 5.65 Å². The van der Waals surface area contributed by atoms with Crippen molar-refractivity contribution in [2.75, 3.05) is 43.0 Å². The largest absolute Gasteiger partial charge is 0.351 e. The molecule has 0 saturated carbocycles. The van der Waals surface area contributed by atoms with Crippen LogP contribution in [-0.2, 0) is 0 Å². The van der Waals surface area contributed by atoms with Gasteiger partial charge < -0.3 is 4.90 Å². The first-order valence-corrected chi connectivity index (χ1v) is 7.61. The van der Waals surface area contributed by atoms with Crippen LogP contribution in [0.4, 0.5) is 5.82 Å². The molecule has 0 aromatic carbocycles. The molecule has 0 radical (unpaired) electrons. The van der Waals surface area contributed by atoms with E-state index >= 15 is 0 Å². The highest BCUT2D eigenvalue weighted by atomic mass is 79.9. The number of nitrogens with zero attached hydrogens (tertiary/aromatic N) is 6. The lowest BCUT2D eigenvalue weighted by Gasteiger charge is -2.34. The lowest BCUT2D eigenvalue weighted by molar-refractivity contribution is 0.273. The Kier molecular flexibility index (Phi) is 3.65. The molecule has 2 aromatic heterocycles. The number of hydrogen-bond donors (Lipinski definition) is 0. The lowest BCUT2D eigenvalue weighted by atomic mass is 10.3. The van der Waals surface area contributed by atoms with E-state index in [2.05, 4.69) is 40.9 Å². The monoisotopic (exact) mass is 324 g/mol. The summed E-state index contributed by atoms with van der Waals surface area (Å²) in [7, 11) is 0. The normalized spacial score (nSPS) is 17.3. The van der Waals surface area contributed by atoms with Crippen LogP contribution in [0.15, 0.2) is 12.4 Å². The maximum Gasteiger partial charge on any atom is 0.203 e. The molecular formula is C12H17BrN6. The van der Waals surface area contributed by atoms with Crippen molar-refractivity contribution in [3.63, 3.8) is 0 Å². The average molecular weight is 325 g/mol. The number of halogens is 1. The molecule has 3 heterocycles. The number of rotatable bonds is 3. The number of alkyl halides is 1. The zero-order valence-corrected chi connectivity index (χ0v) is 12.5. The van der Waals surface area contributed by atoms with Crippen LogP contribution in [0.1, 0.15) is 5.82 Å². The van der Waals surface area contributed by atoms with Gasteiger partial charge in [0, 0.05) is 50.4 Å². The fourth-order valence-electron chi connectivity index (χ4n) is 2.45. The van der Waals surface area contributed by atoms with Gasteiger partial charge in [0.2, 0.25) is 5.65 Å². The molecule has 19 heavy (non-hydrogen) atoms. The molecule has 1 saturated heterocycles. The molecule has 7 heteroatoms. The Balaban J connectivity index is 1.82. The second-order valence-corrected chi connectivity index (χ2v) is 5.50. The van der Waals surface area contributed by atoms with Gasteiger partial charge >= 0.3 is 0 Å². The molecule has 0 unspecified atom stereocenters. The highest BCUT2D eigenvalue weighted by Crippen LogP contribution is 2.18. The van der Waals surface area contributed by atoms with Crippen molar-refractivity contribution < 1.29 is 0 Å². The molecule has 3 rings (SSSR count). The molecule has 0 spiro atoms. The summed E-state index contributed by atoms with van der Waals surface area (Å²) in [5.74, 6) is 1.85. The molecule has 6 nitrogen and oxygen atoms in total. The number of fused-ring (bicyclic) bond motifs is 1. The highest BCUT2D eigenvalue weighted by Gasteiger charge is 2.20. The van der Waals surface area contributed by atoms with Gasteiger partial charge in [0.1, 0.15) is 5.82 Å². The molecule has 0 N–H and O–H groups in total. The summed E-state index contributed by atoms with van der Waals surface area (Å²) in [5.41, 5.74) is 0.856. The van der Waals surface area contributed by atoms with Crippen molar-refractivity contribution in [1.82, 2.24) is 24.5 Å². The van der Waals surface area contributed by atoms with Gasteiger partial charge in [-0.25, -0.2) is 4.98 Å². The van der Waals surface area contributed by atoms with E-state index in [1.54, 1.807) is 0 Å². The minimum absolute atomic E-state index is 0.856. The SMILES string of the molecule is Cc1nnc2c(N3CCN(CCBr)CC3)nccn12. The maximum atomic E-state index is 4.49. The number of piperazine rings is 1. The zero-order chi connectivity index (χ0) is 13.2. The smallest absolute Gasteiger partial charge is 0.203 e. The van der Waals surface area contributed by atoms with Crippen LogP contribution < -0.4 is 4.90 Å². The van der Waals surface area contributed by atoms with Gasteiger partial charge in [0.15, 0.2) is 5.82 Å². The third-order valence-corrected chi connectivity index (χ3v) is 3.91. The Labute approximate surface area is 120 Å². The van der Waals surface area contributed by atoms with Gasteiger partial charge in [-0.3, -0.25) is 9.30 Å². The first-order valence-electron chi connectivity index (χ1n) is 6.49. The Hall–Kier alpha value is -1.21. The van der Waals surface area contributed by atoms with Crippen molar-refractivity contribution in [3.05, 3.63) is 18.2 Å². The van der Waals surface area contributed by atoms with Gasteiger partial charge in [-0.1, -0.05) is 15.9 Å². The van der Waals surface area contributed by atoms with E-state index in [9.17, 15) is 0 Å². The summed E-state index contributed by atoms with van der Waals surface area (Å²) in [6.07, 6.45) is 3.73. The second-order valence-electron chi connectivity index (χ2n) is 4.71. The molecule has 0 atom stereocenters. The molecule has 1 fully saturated rings. The zero-order valence-electron chi connectivity index (χ0n) is 11.0. The maximum absolute atomic E-state index is 4.49. The van der Waals surface area contributed by atoms with Gasteiger partial charge in [-0.2, -0.15) is 0 Å². The van der Waals surface area contributed by atoms with Crippen molar-refractivity contribution in [3.8, 4) is 0 Å². The molecule has 0 aliphatic carbocycles. The van der Waals surface area contributed by atoms with Crippen molar-refractivity contribution in [2.24, 2.45) is 0 Å². The number of aryl methyl sites for hydroxylation is 1. The van der Waals surface area contributed by atoms with Gasteiger partial charge in [-0.15, -0.1) is 10.2 Å². The van der Waals surface area contributed by atoms with E-state index in [0.717, 1.165) is 55.3 Å². The summed E-state index contributed by atoms with van der Waals surface area (Å²) in [5, 5.41) is 9.39. The van der Waals surface area contributed by atoms with Crippen LogP contribution in [0, 0.1) is 6.92 Å². The van der Waals surface area contributed by atoms with E-state index in [4.69, 9.17) is 0 Å². The number of aromatic nitrogens is 4. The lowest BCUT2D eigenvalue weighted by Crippen LogP contribution is -2.47. The molecule has 2 aromatic rings. The van der Waals surface area contributed by atoms with Crippen LogP contribution >= 0.6 is 15.9 Å². The van der Waals surface area contributed by atoms with Gasteiger partial charge in [0.25, 0.3) is 0 Å². The van der Waals surface area contributed by atoms with E-state index in [1.165, 1.54) is 0 Å². The van der Waals surface area contributed by atoms with Gasteiger partial charge in [0.05, 0.1) is 0 Å². The van der Waals surface area contributed by atoms with E-state index in [-0.39, 0.29) is 0 Å². The molecular weight excluding hydrogens is 308 g/mol. The number of anilines is 1. The van der Waals surface area contributed by atoms with Crippen LogP contribution in [0.3, 0.4) is 0 Å². The Morgan fingerprint density at radius 3 is 2.74 bits per heavy atom. The minimum atomic E-state index is 0.856. The predicted octanol–water partition coefficient (Wildman–Crippen LogP) is 0.950. The third kappa shape index (κ3) is 2.44. The summed E-state index contributed by atoms with van der Waals surface area (Å²) < 4.78 is 1.99. The predicted molar refractivity (Wildman–Crippen MR) is 78.0 cm³/mol. The second kappa shape index (κ2) is 5.42. The topological polar surface area (TPSA) is 49.6 Å². The Morgan fingerprint density at radius 2 is 2.00 bits per heavy atom. The standard InChI is InChI=1S/C12H17BrN6/c1-10-15-16-12-11(14-3-5-19(10)12)18-8-6-17(4-2-13)7-9-18/h3,5H,2,4,6-9H2,1H3. The van der Waals surface area contributed by atoms with Gasteiger partial charge in [-0.05, 0) is 6.92 Å². The van der Waals surface area contributed by atoms with Crippen LogP contribution in [0.5, 0.6) is 0 Å². The molecule has 102 valence electrons. The molecule has 0 amide bonds. The minimum Gasteiger partial charge on any atom is -0.351 e. The molecule has 1 aliphatic rings. The molecule has 1 aliphatic heterocycles. The summed E-state index contributed by atoms with van der Waals surface area (Å²) in [6.45, 7) is 7.19. The number of hydrogen-bond acceptors (Lipinski definition) is 5. The van der Waals surface area contributed by atoms with Crippen molar-refractivity contribution in [2.45, 2.75) is 6.92 Å². The van der Waals surface area contributed by atoms with E-state index in [0.29, 0.717) is 0 Å². The first kappa shape index (κ1) is 12.8. The van der Waals surface area contributed by atoms with Crippen LogP contribution in [0.2, 0.25) is 0 Å². The van der Waals surface area contributed by atoms with E-state index < -0.39 is 0 Å². The summed E-state index contributed by atoms with van der Waals surface area (Å²) >= 11 is 3.49. The third-order valence-electron chi connectivity index (χ3n) is 3.55. The quantitative estimate of drug-likeness (QED) is 0.787. The summed E-state index contributed by atoms with van der Waals surface area (Å²) in [6, 6.07) is 0. The summed E-state index contributed by atoms with van der Waals surface area (Å²) in [4.78, 5) is 9.25. The van der Waals surface area contributed by atoms with Crippen molar-refractivity contribution in [1.29, 1.82) is 0 Å². The highest BCUT2D eigenvalue weighted by molar-refractivity contribution is 9.09.